The van der Waals surface area contributed by atoms with Crippen molar-refractivity contribution in [2.45, 2.75) is 12.8 Å². The van der Waals surface area contributed by atoms with Gasteiger partial charge in [-0.25, -0.2) is 4.79 Å². The van der Waals surface area contributed by atoms with E-state index in [2.05, 4.69) is 35.3 Å². The van der Waals surface area contributed by atoms with Gasteiger partial charge in [-0.1, -0.05) is 29.8 Å². The molecule has 1 aliphatic rings. The van der Waals surface area contributed by atoms with Gasteiger partial charge >= 0.3 is 6.09 Å². The minimum Gasteiger partial charge on any atom is -0.465 e. The van der Waals surface area contributed by atoms with Crippen LogP contribution in [-0.4, -0.2) is 34.2 Å². The van der Waals surface area contributed by atoms with Crippen LogP contribution in [0.5, 0.6) is 0 Å². The highest BCUT2D eigenvalue weighted by Gasteiger charge is 2.17. The van der Waals surface area contributed by atoms with Crippen LogP contribution in [0.25, 0.3) is 17.2 Å². The first-order chi connectivity index (χ1) is 10.7. The average molecular weight is 294 g/mol. The third-order valence-corrected chi connectivity index (χ3v) is 3.95. The number of rotatable bonds is 2. The maximum Gasteiger partial charge on any atom is 0.407 e. The average Bonchev–Trinajstić information content (AvgIpc) is 2.56. The van der Waals surface area contributed by atoms with Gasteiger partial charge in [0.1, 0.15) is 0 Å². The number of hydrogen-bond donors (Lipinski definition) is 1. The van der Waals surface area contributed by atoms with Crippen LogP contribution in [0.2, 0.25) is 0 Å². The van der Waals surface area contributed by atoms with Gasteiger partial charge in [0.15, 0.2) is 0 Å². The van der Waals surface area contributed by atoms with Gasteiger partial charge in [0.25, 0.3) is 0 Å². The summed E-state index contributed by atoms with van der Waals surface area (Å²) in [5.41, 5.74) is 4.79. The molecule has 1 aliphatic heterocycles. The number of amides is 1. The fourth-order valence-corrected chi connectivity index (χ4v) is 2.72. The fraction of sp³-hybridized carbons (Fsp3) is 0.222. The van der Waals surface area contributed by atoms with E-state index >= 15 is 0 Å². The number of carbonyl (C=O) groups is 1. The third kappa shape index (κ3) is 3.34. The predicted molar refractivity (Wildman–Crippen MR) is 86.5 cm³/mol. The molecule has 4 nitrogen and oxygen atoms in total. The van der Waals surface area contributed by atoms with Gasteiger partial charge in [-0.2, -0.15) is 0 Å². The number of pyridine rings is 1. The molecule has 4 heteroatoms. The monoisotopic (exact) mass is 294 g/mol. The molecule has 112 valence electrons. The van der Waals surface area contributed by atoms with E-state index in [1.165, 1.54) is 16.0 Å². The highest BCUT2D eigenvalue weighted by Crippen LogP contribution is 2.23. The minimum atomic E-state index is -0.821. The van der Waals surface area contributed by atoms with E-state index in [0.717, 1.165) is 24.0 Å². The third-order valence-electron chi connectivity index (χ3n) is 3.95. The van der Waals surface area contributed by atoms with Crippen LogP contribution in [-0.2, 0) is 0 Å². The molecule has 1 aromatic heterocycles. The molecule has 2 aromatic rings. The standard InChI is InChI=1S/C18H18N2O2/c21-18(22)20-10-6-14(7-11-20)12-15-2-1-3-17(13-15)16-4-8-19-9-5-16/h1-5,8-9,12-13H,6-7,10-11H2,(H,21,22). The topological polar surface area (TPSA) is 53.4 Å². The quantitative estimate of drug-likeness (QED) is 0.913. The molecule has 0 saturated carbocycles. The summed E-state index contributed by atoms with van der Waals surface area (Å²) in [5.74, 6) is 0. The van der Waals surface area contributed by atoms with E-state index < -0.39 is 6.09 Å². The normalized spacial score (nSPS) is 14.7. The van der Waals surface area contributed by atoms with Crippen molar-refractivity contribution < 1.29 is 9.90 Å². The summed E-state index contributed by atoms with van der Waals surface area (Å²) < 4.78 is 0. The Labute approximate surface area is 129 Å². The van der Waals surface area contributed by atoms with Crippen LogP contribution < -0.4 is 0 Å². The summed E-state index contributed by atoms with van der Waals surface area (Å²) >= 11 is 0. The summed E-state index contributed by atoms with van der Waals surface area (Å²) in [7, 11) is 0. The Kier molecular flexibility index (Phi) is 4.19. The Hall–Kier alpha value is -2.62. The van der Waals surface area contributed by atoms with E-state index in [1.807, 2.05) is 12.1 Å². The fourth-order valence-electron chi connectivity index (χ4n) is 2.72. The molecule has 0 atom stereocenters. The maximum absolute atomic E-state index is 10.9. The zero-order chi connectivity index (χ0) is 15.4. The summed E-state index contributed by atoms with van der Waals surface area (Å²) in [6.07, 6.45) is 6.57. The van der Waals surface area contributed by atoms with Gasteiger partial charge in [0, 0.05) is 25.5 Å². The Bertz CT molecular complexity index is 685. The van der Waals surface area contributed by atoms with Crippen molar-refractivity contribution in [3.8, 4) is 11.1 Å². The first-order valence-corrected chi connectivity index (χ1v) is 7.40. The van der Waals surface area contributed by atoms with Crippen LogP contribution >= 0.6 is 0 Å². The second-order valence-electron chi connectivity index (χ2n) is 5.43. The minimum absolute atomic E-state index is 0.589. The Morgan fingerprint density at radius 2 is 1.82 bits per heavy atom. The molecule has 0 unspecified atom stereocenters. The number of benzene rings is 1. The molecule has 1 N–H and O–H groups in total. The van der Waals surface area contributed by atoms with Crippen LogP contribution in [0.1, 0.15) is 18.4 Å². The number of aromatic nitrogens is 1. The van der Waals surface area contributed by atoms with Crippen molar-refractivity contribution in [1.82, 2.24) is 9.88 Å². The Morgan fingerprint density at radius 1 is 1.09 bits per heavy atom. The molecular weight excluding hydrogens is 276 g/mol. The lowest BCUT2D eigenvalue weighted by molar-refractivity contribution is 0.142. The SMILES string of the molecule is O=C(O)N1CCC(=Cc2cccc(-c3ccncc3)c2)CC1. The van der Waals surface area contributed by atoms with Crippen LogP contribution in [0, 0.1) is 0 Å². The van der Waals surface area contributed by atoms with Gasteiger partial charge in [0.05, 0.1) is 0 Å². The van der Waals surface area contributed by atoms with Crippen molar-refractivity contribution in [2.75, 3.05) is 13.1 Å². The number of piperidine rings is 1. The van der Waals surface area contributed by atoms with E-state index in [1.54, 1.807) is 12.4 Å². The zero-order valence-electron chi connectivity index (χ0n) is 12.3. The Balaban J connectivity index is 1.76. The largest absolute Gasteiger partial charge is 0.465 e. The second kappa shape index (κ2) is 6.43. The first kappa shape index (κ1) is 14.3. The smallest absolute Gasteiger partial charge is 0.407 e. The van der Waals surface area contributed by atoms with E-state index in [-0.39, 0.29) is 0 Å². The molecular formula is C18H18N2O2. The molecule has 0 radical (unpaired) electrons. The van der Waals surface area contributed by atoms with Crippen molar-refractivity contribution in [2.24, 2.45) is 0 Å². The molecule has 1 aromatic carbocycles. The molecule has 2 heterocycles. The highest BCUT2D eigenvalue weighted by atomic mass is 16.4. The number of carboxylic acid groups (broad SMARTS) is 1. The zero-order valence-corrected chi connectivity index (χ0v) is 12.3. The number of hydrogen-bond acceptors (Lipinski definition) is 2. The van der Waals surface area contributed by atoms with Crippen molar-refractivity contribution in [1.29, 1.82) is 0 Å². The van der Waals surface area contributed by atoms with Crippen LogP contribution in [0.15, 0.2) is 54.4 Å². The van der Waals surface area contributed by atoms with Gasteiger partial charge in [0.2, 0.25) is 0 Å². The summed E-state index contributed by atoms with van der Waals surface area (Å²) in [5, 5.41) is 8.98. The van der Waals surface area contributed by atoms with Crippen LogP contribution in [0.3, 0.4) is 0 Å². The van der Waals surface area contributed by atoms with Gasteiger partial charge in [-0.15, -0.1) is 0 Å². The summed E-state index contributed by atoms with van der Waals surface area (Å²) in [6.45, 7) is 1.18. The molecule has 1 fully saturated rings. The summed E-state index contributed by atoms with van der Waals surface area (Å²) in [4.78, 5) is 16.4. The predicted octanol–water partition coefficient (Wildman–Crippen LogP) is 3.91. The number of likely N-dealkylation sites (tertiary alicyclic amines) is 1. The summed E-state index contributed by atoms with van der Waals surface area (Å²) in [6, 6.07) is 12.4. The lowest BCUT2D eigenvalue weighted by atomic mass is 9.99. The molecule has 0 spiro atoms. The van der Waals surface area contributed by atoms with Crippen molar-refractivity contribution >= 4 is 12.2 Å². The second-order valence-corrected chi connectivity index (χ2v) is 5.43. The molecule has 22 heavy (non-hydrogen) atoms. The molecule has 1 amide bonds. The van der Waals surface area contributed by atoms with Crippen LogP contribution in [0.4, 0.5) is 4.79 Å². The Morgan fingerprint density at radius 3 is 2.50 bits per heavy atom. The highest BCUT2D eigenvalue weighted by molar-refractivity contribution is 5.68. The van der Waals surface area contributed by atoms with Crippen molar-refractivity contribution in [3.05, 3.63) is 59.9 Å². The lowest BCUT2D eigenvalue weighted by Gasteiger charge is -2.25. The van der Waals surface area contributed by atoms with E-state index in [0.29, 0.717) is 13.1 Å². The van der Waals surface area contributed by atoms with E-state index in [9.17, 15) is 4.79 Å². The van der Waals surface area contributed by atoms with Gasteiger partial charge in [-0.3, -0.25) is 4.98 Å². The van der Waals surface area contributed by atoms with Gasteiger partial charge < -0.3 is 10.0 Å². The molecule has 3 rings (SSSR count). The maximum atomic E-state index is 10.9. The first-order valence-electron chi connectivity index (χ1n) is 7.40. The van der Waals surface area contributed by atoms with Crippen molar-refractivity contribution in [3.63, 3.8) is 0 Å². The molecule has 0 bridgehead atoms. The van der Waals surface area contributed by atoms with Gasteiger partial charge in [-0.05, 0) is 47.7 Å². The molecule has 1 saturated heterocycles. The molecule has 0 aliphatic carbocycles. The van der Waals surface area contributed by atoms with E-state index in [4.69, 9.17) is 5.11 Å². The number of nitrogens with zero attached hydrogens (tertiary/aromatic N) is 2. The lowest BCUT2D eigenvalue weighted by Crippen LogP contribution is -2.35.